The summed E-state index contributed by atoms with van der Waals surface area (Å²) in [5.74, 6) is 1.48. The normalized spacial score (nSPS) is 14.7. The topological polar surface area (TPSA) is 138 Å². The van der Waals surface area contributed by atoms with Crippen LogP contribution >= 0.6 is 0 Å². The Morgan fingerprint density at radius 1 is 1.05 bits per heavy atom. The molecular formula is C30H37NO8. The van der Waals surface area contributed by atoms with Gasteiger partial charge < -0.3 is 40.0 Å². The van der Waals surface area contributed by atoms with E-state index in [1.54, 1.807) is 12.1 Å². The summed E-state index contributed by atoms with van der Waals surface area (Å²) in [6, 6.07) is 17.1. The van der Waals surface area contributed by atoms with Gasteiger partial charge >= 0.3 is 0 Å². The third kappa shape index (κ3) is 9.26. The summed E-state index contributed by atoms with van der Waals surface area (Å²) in [5.41, 5.74) is 5.76. The van der Waals surface area contributed by atoms with Crippen molar-refractivity contribution in [1.82, 2.24) is 5.32 Å². The smallest absolute Gasteiger partial charge is 0.290 e. The van der Waals surface area contributed by atoms with Crippen LogP contribution in [0.4, 0.5) is 0 Å². The minimum atomic E-state index is -0.736. The lowest BCUT2D eigenvalue weighted by atomic mass is 10.1. The highest BCUT2D eigenvalue weighted by Gasteiger charge is 2.21. The molecule has 0 unspecified atom stereocenters. The zero-order valence-electron chi connectivity index (χ0n) is 22.3. The second kappa shape index (κ2) is 15.1. The highest BCUT2D eigenvalue weighted by atomic mass is 16.6. The Hall–Kier alpha value is -3.63. The van der Waals surface area contributed by atoms with Gasteiger partial charge in [-0.1, -0.05) is 41.5 Å². The minimum absolute atomic E-state index is 0.0233. The van der Waals surface area contributed by atoms with Gasteiger partial charge in [0, 0.05) is 12.1 Å². The summed E-state index contributed by atoms with van der Waals surface area (Å²) in [6.07, 6.45) is -0.143. The number of carbonyl (C=O) groups is 1. The van der Waals surface area contributed by atoms with E-state index in [4.69, 9.17) is 24.1 Å². The summed E-state index contributed by atoms with van der Waals surface area (Å²) in [6.45, 7) is 6.12. The van der Waals surface area contributed by atoms with Gasteiger partial charge in [-0.2, -0.15) is 0 Å². The molecule has 9 nitrogen and oxygen atoms in total. The van der Waals surface area contributed by atoms with Crippen molar-refractivity contribution in [2.75, 3.05) is 26.3 Å². The zero-order valence-corrected chi connectivity index (χ0v) is 22.3. The number of aliphatic hydroxyl groups excluding tert-OH is 2. The summed E-state index contributed by atoms with van der Waals surface area (Å²) in [4.78, 5) is 8.36. The van der Waals surface area contributed by atoms with Crippen molar-refractivity contribution in [1.29, 1.82) is 0 Å². The van der Waals surface area contributed by atoms with Crippen molar-refractivity contribution in [2.45, 2.75) is 45.7 Å². The lowest BCUT2D eigenvalue weighted by Crippen LogP contribution is -2.33. The van der Waals surface area contributed by atoms with E-state index < -0.39 is 6.10 Å². The molecule has 0 spiro atoms. The average molecular weight is 540 g/mol. The second-order valence-electron chi connectivity index (χ2n) is 9.46. The van der Waals surface area contributed by atoms with Crippen molar-refractivity contribution >= 4 is 6.47 Å². The number of phenols is 1. The van der Waals surface area contributed by atoms with Crippen molar-refractivity contribution in [3.05, 3.63) is 88.0 Å². The summed E-state index contributed by atoms with van der Waals surface area (Å²) in [7, 11) is 0. The summed E-state index contributed by atoms with van der Waals surface area (Å²) in [5, 5.41) is 39.5. The largest absolute Gasteiger partial charge is 0.508 e. The maximum Gasteiger partial charge on any atom is 0.290 e. The van der Waals surface area contributed by atoms with Gasteiger partial charge in [0.25, 0.3) is 6.47 Å². The number of aryl methyl sites for hydroxylation is 2. The van der Waals surface area contributed by atoms with Gasteiger partial charge in [-0.15, -0.1) is 0 Å². The monoisotopic (exact) mass is 539 g/mol. The fraction of sp³-hybridized carbons (Fsp3) is 0.367. The predicted molar refractivity (Wildman–Crippen MR) is 146 cm³/mol. The fourth-order valence-electron chi connectivity index (χ4n) is 4.39. The molecule has 9 heteroatoms. The van der Waals surface area contributed by atoms with Crippen LogP contribution in [0.15, 0.2) is 54.6 Å². The molecule has 3 aromatic carbocycles. The maximum absolute atomic E-state index is 10.4. The van der Waals surface area contributed by atoms with E-state index in [2.05, 4.69) is 37.4 Å². The maximum atomic E-state index is 10.4. The van der Waals surface area contributed by atoms with Crippen LogP contribution in [0, 0.1) is 13.8 Å². The SMILES string of the molecule is Cc1cc(C)cc(COC[C@@H]2COc3ccc(CCNC[C@H](O)c4ccc(O)c(CO)c4)cc3O2)c1.O=CO. The molecule has 4 rings (SSSR count). The molecular weight excluding hydrogens is 502 g/mol. The van der Waals surface area contributed by atoms with Crippen molar-refractivity contribution in [2.24, 2.45) is 0 Å². The van der Waals surface area contributed by atoms with Crippen molar-refractivity contribution in [3.63, 3.8) is 0 Å². The van der Waals surface area contributed by atoms with Crippen LogP contribution in [-0.4, -0.2) is 59.3 Å². The van der Waals surface area contributed by atoms with Gasteiger partial charge in [0.15, 0.2) is 17.6 Å². The number of ether oxygens (including phenoxy) is 3. The number of benzene rings is 3. The first-order valence-corrected chi connectivity index (χ1v) is 12.8. The molecule has 0 saturated heterocycles. The standard InChI is InChI=1S/C29H35NO6.CH2O2/c1-19-9-20(2)11-22(10-19)16-34-17-25-18-35-28-6-3-21(12-29(28)36-25)7-8-30-14-27(33)23-4-5-26(32)24(13-23)15-31;2-1-3/h3-6,9-13,25,27,30-33H,7-8,14-18H2,1-2H3;1H,(H,2,3)/t25-,27+;/m1./s1. The van der Waals surface area contributed by atoms with Gasteiger partial charge in [0.05, 0.1) is 25.9 Å². The Morgan fingerprint density at radius 3 is 2.51 bits per heavy atom. The minimum Gasteiger partial charge on any atom is -0.508 e. The Labute approximate surface area is 228 Å². The summed E-state index contributed by atoms with van der Waals surface area (Å²) < 4.78 is 17.9. The molecule has 39 heavy (non-hydrogen) atoms. The number of hydrogen-bond donors (Lipinski definition) is 5. The Kier molecular flexibility index (Phi) is 11.6. The number of nitrogens with one attached hydrogen (secondary N) is 1. The van der Waals surface area contributed by atoms with Gasteiger partial charge in [0.2, 0.25) is 0 Å². The molecule has 0 radical (unpaired) electrons. The van der Waals surface area contributed by atoms with E-state index in [0.717, 1.165) is 29.0 Å². The molecule has 5 N–H and O–H groups in total. The van der Waals surface area contributed by atoms with E-state index in [1.807, 2.05) is 18.2 Å². The first kappa shape index (κ1) is 29.9. The van der Waals surface area contributed by atoms with Crippen LogP contribution in [0.25, 0.3) is 0 Å². The van der Waals surface area contributed by atoms with Crippen molar-refractivity contribution in [3.8, 4) is 17.2 Å². The molecule has 1 heterocycles. The lowest BCUT2D eigenvalue weighted by Gasteiger charge is -2.27. The molecule has 210 valence electrons. The van der Waals surface area contributed by atoms with E-state index in [9.17, 15) is 15.3 Å². The van der Waals surface area contributed by atoms with Crippen molar-refractivity contribution < 1.29 is 39.4 Å². The van der Waals surface area contributed by atoms with E-state index in [0.29, 0.717) is 44.0 Å². The van der Waals surface area contributed by atoms with E-state index in [-0.39, 0.29) is 24.9 Å². The first-order valence-electron chi connectivity index (χ1n) is 12.8. The van der Waals surface area contributed by atoms with Gasteiger partial charge in [-0.3, -0.25) is 4.79 Å². The van der Waals surface area contributed by atoms with Crippen LogP contribution in [0.2, 0.25) is 0 Å². The third-order valence-corrected chi connectivity index (χ3v) is 6.17. The highest BCUT2D eigenvalue weighted by Crippen LogP contribution is 2.33. The molecule has 2 atom stereocenters. The number of rotatable bonds is 11. The highest BCUT2D eigenvalue weighted by molar-refractivity contribution is 5.44. The Bertz CT molecular complexity index is 1200. The number of aliphatic hydroxyl groups is 2. The molecule has 0 fully saturated rings. The van der Waals surface area contributed by atoms with Gasteiger partial charge in [-0.25, -0.2) is 0 Å². The first-order chi connectivity index (χ1) is 18.8. The predicted octanol–water partition coefficient (Wildman–Crippen LogP) is 3.42. The molecule has 1 aliphatic heterocycles. The molecule has 3 aromatic rings. The van der Waals surface area contributed by atoms with E-state index >= 15 is 0 Å². The molecule has 0 amide bonds. The molecule has 0 aliphatic carbocycles. The fourth-order valence-corrected chi connectivity index (χ4v) is 4.39. The summed E-state index contributed by atoms with van der Waals surface area (Å²) >= 11 is 0. The molecule has 0 saturated carbocycles. The van der Waals surface area contributed by atoms with E-state index in [1.165, 1.54) is 17.2 Å². The van der Waals surface area contributed by atoms with Crippen LogP contribution in [0.5, 0.6) is 17.2 Å². The van der Waals surface area contributed by atoms with Crippen LogP contribution < -0.4 is 14.8 Å². The number of fused-ring (bicyclic) bond motifs is 1. The van der Waals surface area contributed by atoms with Gasteiger partial charge in [0.1, 0.15) is 12.4 Å². The lowest BCUT2D eigenvalue weighted by molar-refractivity contribution is -0.122. The Morgan fingerprint density at radius 2 is 1.79 bits per heavy atom. The average Bonchev–Trinajstić information content (AvgIpc) is 2.91. The zero-order chi connectivity index (χ0) is 28.2. The number of aromatic hydroxyl groups is 1. The number of hydrogen-bond acceptors (Lipinski definition) is 8. The molecule has 0 bridgehead atoms. The van der Waals surface area contributed by atoms with Crippen LogP contribution in [0.1, 0.15) is 39.5 Å². The number of carboxylic acid groups (broad SMARTS) is 1. The Balaban J connectivity index is 0.00000134. The molecule has 1 aliphatic rings. The second-order valence-corrected chi connectivity index (χ2v) is 9.46. The van der Waals surface area contributed by atoms with Crippen LogP contribution in [-0.2, 0) is 29.2 Å². The third-order valence-electron chi connectivity index (χ3n) is 6.17. The quantitative estimate of drug-likeness (QED) is 0.183. The van der Waals surface area contributed by atoms with Gasteiger partial charge in [-0.05, 0) is 67.8 Å². The molecule has 0 aromatic heterocycles. The van der Waals surface area contributed by atoms with Crippen LogP contribution in [0.3, 0.4) is 0 Å².